The van der Waals surface area contributed by atoms with Crippen LogP contribution in [0.3, 0.4) is 0 Å². The number of likely N-dealkylation sites (N-methyl/N-ethyl adjacent to an activating group) is 1. The average molecular weight is 248 g/mol. The number of hydrogen-bond acceptors (Lipinski definition) is 4. The van der Waals surface area contributed by atoms with Crippen molar-refractivity contribution in [3.05, 3.63) is 30.1 Å². The maximum atomic E-state index is 11.8. The Bertz CT molecular complexity index is 374. The number of pyridine rings is 1. The molecular formula is C13H20N4O. The number of carbonyl (C=O) groups is 1. The van der Waals surface area contributed by atoms with E-state index < -0.39 is 0 Å². The van der Waals surface area contributed by atoms with Gasteiger partial charge in [0.25, 0.3) is 0 Å². The van der Waals surface area contributed by atoms with Gasteiger partial charge in [0.05, 0.1) is 6.54 Å². The molecule has 1 fully saturated rings. The second kappa shape index (κ2) is 6.47. The summed E-state index contributed by atoms with van der Waals surface area (Å²) < 4.78 is 0. The Morgan fingerprint density at radius 1 is 1.39 bits per heavy atom. The van der Waals surface area contributed by atoms with Crippen LogP contribution in [-0.4, -0.2) is 60.5 Å². The standard InChI is InChI=1S/C13H20N4O/c1-16-5-7-17(8-6-16)11-13(18)15-10-12-3-2-4-14-9-12/h2-4,9H,5-8,10-11H2,1H3,(H,15,18). The number of amides is 1. The third-order valence-corrected chi connectivity index (χ3v) is 3.18. The molecule has 1 aliphatic heterocycles. The molecule has 0 aromatic carbocycles. The Kier molecular flexibility index (Phi) is 4.66. The highest BCUT2D eigenvalue weighted by Gasteiger charge is 2.16. The van der Waals surface area contributed by atoms with Gasteiger partial charge < -0.3 is 10.2 Å². The fourth-order valence-electron chi connectivity index (χ4n) is 1.97. The number of rotatable bonds is 4. The van der Waals surface area contributed by atoms with Crippen molar-refractivity contribution >= 4 is 5.91 Å². The summed E-state index contributed by atoms with van der Waals surface area (Å²) in [6.07, 6.45) is 3.51. The number of aromatic nitrogens is 1. The number of piperazine rings is 1. The summed E-state index contributed by atoms with van der Waals surface area (Å²) in [4.78, 5) is 20.3. The van der Waals surface area contributed by atoms with Crippen LogP contribution >= 0.6 is 0 Å². The molecule has 0 bridgehead atoms. The van der Waals surface area contributed by atoms with E-state index in [0.717, 1.165) is 31.7 Å². The highest BCUT2D eigenvalue weighted by molar-refractivity contribution is 5.78. The van der Waals surface area contributed by atoms with Crippen molar-refractivity contribution in [2.45, 2.75) is 6.54 Å². The topological polar surface area (TPSA) is 48.5 Å². The van der Waals surface area contributed by atoms with Gasteiger partial charge in [-0.1, -0.05) is 6.07 Å². The van der Waals surface area contributed by atoms with Gasteiger partial charge in [-0.3, -0.25) is 14.7 Å². The summed E-state index contributed by atoms with van der Waals surface area (Å²) >= 11 is 0. The summed E-state index contributed by atoms with van der Waals surface area (Å²) in [6.45, 7) is 5.06. The lowest BCUT2D eigenvalue weighted by Crippen LogP contribution is -2.48. The predicted octanol–water partition coefficient (Wildman–Crippen LogP) is -0.0548. The van der Waals surface area contributed by atoms with E-state index >= 15 is 0 Å². The summed E-state index contributed by atoms with van der Waals surface area (Å²) in [6, 6.07) is 3.84. The first-order valence-electron chi connectivity index (χ1n) is 6.30. The number of nitrogens with one attached hydrogen (secondary N) is 1. The summed E-state index contributed by atoms with van der Waals surface area (Å²) in [5.74, 6) is 0.0865. The Balaban J connectivity index is 1.69. The smallest absolute Gasteiger partial charge is 0.234 e. The number of hydrogen-bond donors (Lipinski definition) is 1. The van der Waals surface area contributed by atoms with E-state index in [1.807, 2.05) is 12.1 Å². The lowest BCUT2D eigenvalue weighted by Gasteiger charge is -2.31. The van der Waals surface area contributed by atoms with Gasteiger partial charge in [0, 0.05) is 45.1 Å². The van der Waals surface area contributed by atoms with Gasteiger partial charge in [0.1, 0.15) is 0 Å². The fourth-order valence-corrected chi connectivity index (χ4v) is 1.97. The number of carbonyl (C=O) groups excluding carboxylic acids is 1. The molecule has 0 unspecified atom stereocenters. The third kappa shape index (κ3) is 4.09. The zero-order valence-corrected chi connectivity index (χ0v) is 10.8. The van der Waals surface area contributed by atoms with Gasteiger partial charge in [-0.15, -0.1) is 0 Å². The van der Waals surface area contributed by atoms with Crippen LogP contribution in [0.15, 0.2) is 24.5 Å². The van der Waals surface area contributed by atoms with Gasteiger partial charge in [-0.2, -0.15) is 0 Å². The Hall–Kier alpha value is -1.46. The van der Waals surface area contributed by atoms with Crippen LogP contribution in [0.25, 0.3) is 0 Å². The lowest BCUT2D eigenvalue weighted by molar-refractivity contribution is -0.122. The van der Waals surface area contributed by atoms with E-state index in [0.29, 0.717) is 13.1 Å². The second-order valence-corrected chi connectivity index (χ2v) is 4.72. The van der Waals surface area contributed by atoms with Crippen LogP contribution in [0.5, 0.6) is 0 Å². The van der Waals surface area contributed by atoms with Crippen molar-refractivity contribution in [1.82, 2.24) is 20.1 Å². The van der Waals surface area contributed by atoms with Crippen LogP contribution < -0.4 is 5.32 Å². The Labute approximate surface area is 108 Å². The SMILES string of the molecule is CN1CCN(CC(=O)NCc2cccnc2)CC1. The van der Waals surface area contributed by atoms with E-state index in [2.05, 4.69) is 27.1 Å². The van der Waals surface area contributed by atoms with E-state index in [4.69, 9.17) is 0 Å². The molecule has 2 heterocycles. The van der Waals surface area contributed by atoms with Crippen molar-refractivity contribution in [1.29, 1.82) is 0 Å². The molecule has 1 aliphatic rings. The average Bonchev–Trinajstić information content (AvgIpc) is 2.40. The molecule has 0 spiro atoms. The predicted molar refractivity (Wildman–Crippen MR) is 70.0 cm³/mol. The molecule has 18 heavy (non-hydrogen) atoms. The van der Waals surface area contributed by atoms with E-state index in [-0.39, 0.29) is 5.91 Å². The zero-order valence-electron chi connectivity index (χ0n) is 10.8. The first-order chi connectivity index (χ1) is 8.74. The van der Waals surface area contributed by atoms with Gasteiger partial charge in [0.15, 0.2) is 0 Å². The molecule has 1 N–H and O–H groups in total. The van der Waals surface area contributed by atoms with Gasteiger partial charge in [-0.05, 0) is 18.7 Å². The van der Waals surface area contributed by atoms with Crippen LogP contribution in [0, 0.1) is 0 Å². The molecule has 1 amide bonds. The minimum atomic E-state index is 0.0865. The second-order valence-electron chi connectivity index (χ2n) is 4.72. The van der Waals surface area contributed by atoms with E-state index in [9.17, 15) is 4.79 Å². The van der Waals surface area contributed by atoms with Crippen LogP contribution in [-0.2, 0) is 11.3 Å². The van der Waals surface area contributed by atoms with Crippen LogP contribution in [0.1, 0.15) is 5.56 Å². The fraction of sp³-hybridized carbons (Fsp3) is 0.538. The number of nitrogens with zero attached hydrogens (tertiary/aromatic N) is 3. The maximum absolute atomic E-state index is 11.8. The van der Waals surface area contributed by atoms with Gasteiger partial charge in [-0.25, -0.2) is 0 Å². The van der Waals surface area contributed by atoms with Crippen molar-refractivity contribution in [3.63, 3.8) is 0 Å². The molecule has 0 aliphatic carbocycles. The molecule has 1 saturated heterocycles. The van der Waals surface area contributed by atoms with Crippen LogP contribution in [0.4, 0.5) is 0 Å². The Morgan fingerprint density at radius 2 is 2.17 bits per heavy atom. The van der Waals surface area contributed by atoms with Crippen LogP contribution in [0.2, 0.25) is 0 Å². The van der Waals surface area contributed by atoms with Crippen molar-refractivity contribution in [2.75, 3.05) is 39.8 Å². The molecular weight excluding hydrogens is 228 g/mol. The molecule has 98 valence electrons. The van der Waals surface area contributed by atoms with E-state index in [1.54, 1.807) is 12.4 Å². The summed E-state index contributed by atoms with van der Waals surface area (Å²) in [5.41, 5.74) is 1.03. The first-order valence-corrected chi connectivity index (χ1v) is 6.30. The quantitative estimate of drug-likeness (QED) is 0.811. The highest BCUT2D eigenvalue weighted by atomic mass is 16.2. The molecule has 5 nitrogen and oxygen atoms in total. The monoisotopic (exact) mass is 248 g/mol. The van der Waals surface area contributed by atoms with E-state index in [1.165, 1.54) is 0 Å². The highest BCUT2D eigenvalue weighted by Crippen LogP contribution is 1.99. The maximum Gasteiger partial charge on any atom is 0.234 e. The summed E-state index contributed by atoms with van der Waals surface area (Å²) in [7, 11) is 2.11. The molecule has 5 heteroatoms. The van der Waals surface area contributed by atoms with Crippen molar-refractivity contribution < 1.29 is 4.79 Å². The largest absolute Gasteiger partial charge is 0.351 e. The normalized spacial score (nSPS) is 17.6. The minimum Gasteiger partial charge on any atom is -0.351 e. The lowest BCUT2D eigenvalue weighted by atomic mass is 10.3. The summed E-state index contributed by atoms with van der Waals surface area (Å²) in [5, 5.41) is 2.92. The molecule has 0 saturated carbocycles. The molecule has 1 aromatic heterocycles. The van der Waals surface area contributed by atoms with Gasteiger partial charge in [0.2, 0.25) is 5.91 Å². The minimum absolute atomic E-state index is 0.0865. The van der Waals surface area contributed by atoms with Crippen molar-refractivity contribution in [2.24, 2.45) is 0 Å². The first kappa shape index (κ1) is 13.0. The molecule has 2 rings (SSSR count). The molecule has 0 radical (unpaired) electrons. The Morgan fingerprint density at radius 3 is 2.83 bits per heavy atom. The third-order valence-electron chi connectivity index (χ3n) is 3.18. The zero-order chi connectivity index (χ0) is 12.8. The van der Waals surface area contributed by atoms with Crippen molar-refractivity contribution in [3.8, 4) is 0 Å². The molecule has 1 aromatic rings. The van der Waals surface area contributed by atoms with Gasteiger partial charge >= 0.3 is 0 Å². The molecule has 0 atom stereocenters.